The number of benzene rings is 2. The molecule has 1 heterocycles. The van der Waals surface area contributed by atoms with Gasteiger partial charge in [-0.15, -0.1) is 11.3 Å². The number of hydrogen-bond acceptors (Lipinski definition) is 3. The van der Waals surface area contributed by atoms with E-state index in [4.69, 9.17) is 4.74 Å². The van der Waals surface area contributed by atoms with Crippen LogP contribution in [-0.4, -0.2) is 23.9 Å². The third-order valence-electron chi connectivity index (χ3n) is 7.33. The molecule has 7 heteroatoms. The minimum atomic E-state index is -4.48. The van der Waals surface area contributed by atoms with Gasteiger partial charge in [0.25, 0.3) is 0 Å². The number of rotatable bonds is 9. The summed E-state index contributed by atoms with van der Waals surface area (Å²) < 4.78 is 46.7. The lowest BCUT2D eigenvalue weighted by Gasteiger charge is -2.32. The molecule has 0 aliphatic carbocycles. The van der Waals surface area contributed by atoms with Crippen molar-refractivity contribution in [3.05, 3.63) is 58.5 Å². The molecule has 37 heavy (non-hydrogen) atoms. The van der Waals surface area contributed by atoms with Crippen molar-refractivity contribution in [3.8, 4) is 16.9 Å². The van der Waals surface area contributed by atoms with E-state index >= 15 is 0 Å². The van der Waals surface area contributed by atoms with E-state index in [9.17, 15) is 23.1 Å². The van der Waals surface area contributed by atoms with Gasteiger partial charge < -0.3 is 9.84 Å². The van der Waals surface area contributed by atoms with Gasteiger partial charge in [0.15, 0.2) is 6.61 Å². The first-order chi connectivity index (χ1) is 17.1. The number of thiophene rings is 1. The van der Waals surface area contributed by atoms with E-state index < -0.39 is 24.2 Å². The van der Waals surface area contributed by atoms with E-state index in [1.807, 2.05) is 57.2 Å². The Morgan fingerprint density at radius 1 is 1.00 bits per heavy atom. The topological polar surface area (TPSA) is 46.5 Å². The highest BCUT2D eigenvalue weighted by Gasteiger charge is 2.33. The molecule has 0 amide bonds. The fourth-order valence-electron chi connectivity index (χ4n) is 4.17. The molecule has 0 radical (unpaired) electrons. The summed E-state index contributed by atoms with van der Waals surface area (Å²) in [6, 6.07) is 11.6. The smallest absolute Gasteiger partial charge is 0.422 e. The van der Waals surface area contributed by atoms with Crippen LogP contribution in [0.2, 0.25) is 0 Å². The maximum absolute atomic E-state index is 13.4. The lowest BCUT2D eigenvalue weighted by atomic mass is 9.74. The maximum Gasteiger partial charge on any atom is 0.422 e. The summed E-state index contributed by atoms with van der Waals surface area (Å²) in [7, 11) is 0. The van der Waals surface area contributed by atoms with E-state index in [1.54, 1.807) is 6.92 Å². The van der Waals surface area contributed by atoms with E-state index in [2.05, 4.69) is 20.8 Å². The summed E-state index contributed by atoms with van der Waals surface area (Å²) in [4.78, 5) is 12.0. The summed E-state index contributed by atoms with van der Waals surface area (Å²) in [5, 5.41) is 10.0. The van der Waals surface area contributed by atoms with Crippen LogP contribution in [0.15, 0.2) is 42.5 Å². The largest absolute Gasteiger partial charge is 0.483 e. The second-order valence-corrected chi connectivity index (χ2v) is 11.9. The third kappa shape index (κ3) is 6.38. The predicted molar refractivity (Wildman–Crippen MR) is 147 cm³/mol. The Balaban J connectivity index is 2.41. The van der Waals surface area contributed by atoms with Crippen molar-refractivity contribution < 1.29 is 27.8 Å². The van der Waals surface area contributed by atoms with Crippen LogP contribution >= 0.6 is 11.3 Å². The summed E-state index contributed by atoms with van der Waals surface area (Å²) in [5.74, 6) is -0.781. The van der Waals surface area contributed by atoms with Crippen LogP contribution in [0, 0.1) is 0 Å². The SMILES string of the molecule is CCC(C)(C)c1cc(-c2cccc3sc(C(C)=CC(=O)O)cc23)c(OCC(F)(F)F)c(C(C)(C)CC)c1. The molecule has 0 atom stereocenters. The van der Waals surface area contributed by atoms with Gasteiger partial charge in [0.1, 0.15) is 5.75 Å². The summed E-state index contributed by atoms with van der Waals surface area (Å²) >= 11 is 1.46. The lowest BCUT2D eigenvalue weighted by molar-refractivity contribution is -0.153. The number of allylic oxidation sites excluding steroid dienone is 1. The molecule has 1 N–H and O–H groups in total. The Kier molecular flexibility index (Phi) is 8.18. The zero-order chi connectivity index (χ0) is 27.8. The fraction of sp³-hybridized carbons (Fsp3) is 0.433. The highest BCUT2D eigenvalue weighted by molar-refractivity contribution is 7.20. The molecule has 0 spiro atoms. The fourth-order valence-corrected chi connectivity index (χ4v) is 5.23. The molecule has 3 aromatic rings. The molecule has 0 saturated heterocycles. The Labute approximate surface area is 221 Å². The van der Waals surface area contributed by atoms with Crippen LogP contribution in [-0.2, 0) is 15.6 Å². The Morgan fingerprint density at radius 3 is 2.22 bits per heavy atom. The first-order valence-electron chi connectivity index (χ1n) is 12.4. The molecular formula is C30H35F3O3S. The van der Waals surface area contributed by atoms with E-state index in [0.29, 0.717) is 11.1 Å². The van der Waals surface area contributed by atoms with Gasteiger partial charge in [-0.2, -0.15) is 13.2 Å². The van der Waals surface area contributed by atoms with Crippen LogP contribution < -0.4 is 4.74 Å². The van der Waals surface area contributed by atoms with Crippen LogP contribution in [0.4, 0.5) is 13.2 Å². The van der Waals surface area contributed by atoms with Gasteiger partial charge in [-0.1, -0.05) is 59.7 Å². The van der Waals surface area contributed by atoms with E-state index in [-0.39, 0.29) is 11.2 Å². The highest BCUT2D eigenvalue weighted by atomic mass is 32.1. The average Bonchev–Trinajstić information content (AvgIpc) is 3.26. The summed E-state index contributed by atoms with van der Waals surface area (Å²) in [6.07, 6.45) is -1.74. The molecule has 200 valence electrons. The normalized spacial score (nSPS) is 13.3. The highest BCUT2D eigenvalue weighted by Crippen LogP contribution is 2.47. The summed E-state index contributed by atoms with van der Waals surface area (Å²) in [5.41, 5.74) is 3.16. The van der Waals surface area contributed by atoms with Crippen LogP contribution in [0.5, 0.6) is 5.75 Å². The molecule has 1 aromatic heterocycles. The molecule has 0 aliphatic heterocycles. The number of aliphatic carboxylic acids is 1. The average molecular weight is 533 g/mol. The van der Waals surface area contributed by atoms with Crippen molar-refractivity contribution in [1.29, 1.82) is 0 Å². The first-order valence-corrected chi connectivity index (χ1v) is 13.2. The van der Waals surface area contributed by atoms with E-state index in [1.165, 1.54) is 11.3 Å². The number of fused-ring (bicyclic) bond motifs is 1. The van der Waals surface area contributed by atoms with Crippen molar-refractivity contribution in [2.45, 2.75) is 78.3 Å². The standard InChI is InChI=1S/C30H35F3O3S/c1-8-28(4,5)19-14-22(27(36-17-30(31,32)33)23(15-19)29(6,7)9-2)20-11-10-12-24-21(20)16-25(37-24)18(3)13-26(34)35/h10-16H,8-9,17H2,1-7H3,(H,34,35). The third-order valence-corrected chi connectivity index (χ3v) is 8.56. The number of carbonyl (C=O) groups is 1. The summed E-state index contributed by atoms with van der Waals surface area (Å²) in [6.45, 7) is 12.8. The van der Waals surface area contributed by atoms with Gasteiger partial charge in [0.05, 0.1) is 0 Å². The van der Waals surface area contributed by atoms with Gasteiger partial charge >= 0.3 is 12.1 Å². The molecule has 0 saturated carbocycles. The van der Waals surface area contributed by atoms with Crippen molar-refractivity contribution in [3.63, 3.8) is 0 Å². The molecule has 0 fully saturated rings. The second kappa shape index (κ2) is 10.5. The van der Waals surface area contributed by atoms with Gasteiger partial charge in [-0.3, -0.25) is 0 Å². The minimum absolute atomic E-state index is 0.204. The Hall–Kier alpha value is -2.80. The predicted octanol–water partition coefficient (Wildman–Crippen LogP) is 9.37. The molecule has 0 aliphatic rings. The number of halogens is 3. The maximum atomic E-state index is 13.4. The van der Waals surface area contributed by atoms with Gasteiger partial charge in [-0.05, 0) is 65.5 Å². The second-order valence-electron chi connectivity index (χ2n) is 10.8. The molecule has 3 nitrogen and oxygen atoms in total. The van der Waals surface area contributed by atoms with Crippen molar-refractivity contribution >= 4 is 33.0 Å². The van der Waals surface area contributed by atoms with Gasteiger partial charge in [0.2, 0.25) is 0 Å². The lowest BCUT2D eigenvalue weighted by Crippen LogP contribution is -2.25. The van der Waals surface area contributed by atoms with Gasteiger partial charge in [0, 0.05) is 32.2 Å². The molecule has 2 aromatic carbocycles. The quantitative estimate of drug-likeness (QED) is 0.279. The van der Waals surface area contributed by atoms with Crippen molar-refractivity contribution in [2.24, 2.45) is 0 Å². The van der Waals surface area contributed by atoms with E-state index in [0.717, 1.165) is 50.6 Å². The zero-order valence-electron chi connectivity index (χ0n) is 22.5. The number of carboxylic acids is 1. The number of ether oxygens (including phenoxy) is 1. The van der Waals surface area contributed by atoms with Crippen LogP contribution in [0.1, 0.15) is 77.3 Å². The van der Waals surface area contributed by atoms with Crippen molar-refractivity contribution in [2.75, 3.05) is 6.61 Å². The Morgan fingerprint density at radius 2 is 1.65 bits per heavy atom. The van der Waals surface area contributed by atoms with Crippen molar-refractivity contribution in [1.82, 2.24) is 0 Å². The monoisotopic (exact) mass is 532 g/mol. The van der Waals surface area contributed by atoms with Crippen LogP contribution in [0.3, 0.4) is 0 Å². The Bertz CT molecular complexity index is 1330. The van der Waals surface area contributed by atoms with Gasteiger partial charge in [-0.25, -0.2) is 4.79 Å². The first kappa shape index (κ1) is 28.8. The molecule has 3 rings (SSSR count). The number of carboxylic acid groups (broad SMARTS) is 1. The number of hydrogen-bond donors (Lipinski definition) is 1. The zero-order valence-corrected chi connectivity index (χ0v) is 23.3. The molecular weight excluding hydrogens is 497 g/mol. The molecule has 0 bridgehead atoms. The molecule has 0 unspecified atom stereocenters. The minimum Gasteiger partial charge on any atom is -0.483 e. The number of alkyl halides is 3. The van der Waals surface area contributed by atoms with Crippen LogP contribution in [0.25, 0.3) is 26.8 Å².